The molecule has 0 saturated heterocycles. The second-order valence-electron chi connectivity index (χ2n) is 12.8. The number of carbonyl (C=O) groups excluding carboxylic acids is 1. The molecule has 0 fully saturated rings. The van der Waals surface area contributed by atoms with Crippen molar-refractivity contribution in [3.05, 3.63) is 138 Å². The highest BCUT2D eigenvalue weighted by Crippen LogP contribution is 2.21. The SMILES string of the molecule is CC(C)(CCOc1ccc(C(=O)OCc2ccccc2)cc1)OCCC(C)(C)OCCN(Cc1ccccc1)Cc1ccccc1. The molecule has 0 N–H and O–H groups in total. The van der Waals surface area contributed by atoms with Crippen LogP contribution >= 0.6 is 0 Å². The van der Waals surface area contributed by atoms with Gasteiger partial charge in [-0.25, -0.2) is 4.79 Å². The maximum Gasteiger partial charge on any atom is 0.338 e. The van der Waals surface area contributed by atoms with Crippen LogP contribution in [0.25, 0.3) is 0 Å². The summed E-state index contributed by atoms with van der Waals surface area (Å²) >= 11 is 0. The molecule has 4 rings (SSSR count). The molecule has 0 aliphatic rings. The number of hydrogen-bond acceptors (Lipinski definition) is 6. The first-order chi connectivity index (χ1) is 22.2. The average molecular weight is 624 g/mol. The Kier molecular flexibility index (Phi) is 13.4. The van der Waals surface area contributed by atoms with E-state index >= 15 is 0 Å². The standard InChI is InChI=1S/C40H49NO5/c1-39(2,24-27-43-37-22-20-36(21-23-37)38(42)44-32-35-18-12-7-13-19-35)45-28-25-40(3,4)46-29-26-41(30-33-14-8-5-9-15-33)31-34-16-10-6-11-17-34/h5-23H,24-32H2,1-4H3. The van der Waals surface area contributed by atoms with Gasteiger partial charge in [0.15, 0.2) is 0 Å². The van der Waals surface area contributed by atoms with Gasteiger partial charge in [0.05, 0.1) is 36.6 Å². The van der Waals surface area contributed by atoms with Crippen LogP contribution < -0.4 is 4.74 Å². The maximum absolute atomic E-state index is 12.4. The second kappa shape index (κ2) is 17.7. The Balaban J connectivity index is 1.14. The van der Waals surface area contributed by atoms with Crippen molar-refractivity contribution in [1.29, 1.82) is 0 Å². The molecule has 6 heteroatoms. The zero-order valence-corrected chi connectivity index (χ0v) is 27.8. The van der Waals surface area contributed by atoms with Gasteiger partial charge in [0, 0.05) is 26.1 Å². The van der Waals surface area contributed by atoms with Crippen molar-refractivity contribution in [3.63, 3.8) is 0 Å². The van der Waals surface area contributed by atoms with Crippen LogP contribution in [0, 0.1) is 0 Å². The molecule has 0 aliphatic heterocycles. The molecular weight excluding hydrogens is 574 g/mol. The van der Waals surface area contributed by atoms with Gasteiger partial charge >= 0.3 is 5.97 Å². The number of nitrogens with zero attached hydrogens (tertiary/aromatic N) is 1. The highest BCUT2D eigenvalue weighted by molar-refractivity contribution is 5.89. The predicted octanol–water partition coefficient (Wildman–Crippen LogP) is 8.50. The molecule has 0 unspecified atom stereocenters. The largest absolute Gasteiger partial charge is 0.493 e. The number of carbonyl (C=O) groups is 1. The van der Waals surface area contributed by atoms with E-state index in [1.165, 1.54) is 11.1 Å². The first kappa shape index (κ1) is 34.9. The zero-order valence-electron chi connectivity index (χ0n) is 27.8. The van der Waals surface area contributed by atoms with Crippen LogP contribution in [0.2, 0.25) is 0 Å². The number of benzene rings is 4. The summed E-state index contributed by atoms with van der Waals surface area (Å²) in [5, 5.41) is 0. The highest BCUT2D eigenvalue weighted by Gasteiger charge is 2.23. The molecule has 6 nitrogen and oxygen atoms in total. The smallest absolute Gasteiger partial charge is 0.338 e. The average Bonchev–Trinajstić information content (AvgIpc) is 3.05. The summed E-state index contributed by atoms with van der Waals surface area (Å²) in [6.45, 7) is 13.0. The monoisotopic (exact) mass is 623 g/mol. The summed E-state index contributed by atoms with van der Waals surface area (Å²) in [7, 11) is 0. The molecule has 0 atom stereocenters. The molecule has 0 spiro atoms. The van der Waals surface area contributed by atoms with Crippen molar-refractivity contribution >= 4 is 5.97 Å². The van der Waals surface area contributed by atoms with E-state index < -0.39 is 0 Å². The zero-order chi connectivity index (χ0) is 32.7. The van der Waals surface area contributed by atoms with Crippen LogP contribution in [0.3, 0.4) is 0 Å². The lowest BCUT2D eigenvalue weighted by Crippen LogP contribution is -2.34. The molecule has 46 heavy (non-hydrogen) atoms. The first-order valence-corrected chi connectivity index (χ1v) is 16.2. The molecule has 0 aliphatic carbocycles. The summed E-state index contributed by atoms with van der Waals surface area (Å²) in [5.41, 5.74) is 3.40. The van der Waals surface area contributed by atoms with Gasteiger partial charge in [-0.05, 0) is 75.1 Å². The van der Waals surface area contributed by atoms with E-state index in [1.807, 2.05) is 30.3 Å². The van der Waals surface area contributed by atoms with E-state index in [4.69, 9.17) is 18.9 Å². The number of hydrogen-bond donors (Lipinski definition) is 0. The third-order valence-corrected chi connectivity index (χ3v) is 7.87. The predicted molar refractivity (Wildman–Crippen MR) is 184 cm³/mol. The molecule has 0 radical (unpaired) electrons. The molecule has 0 bridgehead atoms. The quantitative estimate of drug-likeness (QED) is 0.0977. The van der Waals surface area contributed by atoms with Crippen molar-refractivity contribution in [2.45, 2.75) is 71.4 Å². The minimum Gasteiger partial charge on any atom is -0.493 e. The van der Waals surface area contributed by atoms with E-state index in [9.17, 15) is 4.79 Å². The van der Waals surface area contributed by atoms with Gasteiger partial charge in [-0.15, -0.1) is 0 Å². The summed E-state index contributed by atoms with van der Waals surface area (Å²) in [5.74, 6) is 0.354. The minimum absolute atomic E-state index is 0.248. The molecule has 0 amide bonds. The number of esters is 1. The van der Waals surface area contributed by atoms with E-state index in [0.717, 1.165) is 38.0 Å². The first-order valence-electron chi connectivity index (χ1n) is 16.2. The summed E-state index contributed by atoms with van der Waals surface area (Å²) < 4.78 is 24.0. The Morgan fingerprint density at radius 2 is 1.07 bits per heavy atom. The molecule has 4 aromatic carbocycles. The molecule has 244 valence electrons. The fourth-order valence-corrected chi connectivity index (χ4v) is 4.97. The molecular formula is C40H49NO5. The van der Waals surface area contributed by atoms with Crippen molar-refractivity contribution < 1.29 is 23.7 Å². The Bertz CT molecular complexity index is 1380. The second-order valence-corrected chi connectivity index (χ2v) is 12.8. The van der Waals surface area contributed by atoms with Crippen LogP contribution in [-0.2, 0) is 33.9 Å². The van der Waals surface area contributed by atoms with E-state index in [0.29, 0.717) is 31.1 Å². The number of rotatable bonds is 19. The normalized spacial score (nSPS) is 11.8. The highest BCUT2D eigenvalue weighted by atomic mass is 16.5. The van der Waals surface area contributed by atoms with E-state index in [2.05, 4.69) is 93.3 Å². The fourth-order valence-electron chi connectivity index (χ4n) is 4.97. The summed E-state index contributed by atoms with van der Waals surface area (Å²) in [4.78, 5) is 14.8. The molecule has 0 heterocycles. The van der Waals surface area contributed by atoms with Crippen molar-refractivity contribution in [2.75, 3.05) is 26.4 Å². The van der Waals surface area contributed by atoms with Gasteiger partial charge in [-0.2, -0.15) is 0 Å². The molecule has 0 aromatic heterocycles. The van der Waals surface area contributed by atoms with Gasteiger partial charge in [0.25, 0.3) is 0 Å². The van der Waals surface area contributed by atoms with Gasteiger partial charge in [-0.1, -0.05) is 91.0 Å². The van der Waals surface area contributed by atoms with Crippen molar-refractivity contribution in [1.82, 2.24) is 4.90 Å². The fraction of sp³-hybridized carbons (Fsp3) is 0.375. The van der Waals surface area contributed by atoms with Crippen LogP contribution in [0.1, 0.15) is 67.6 Å². The van der Waals surface area contributed by atoms with Crippen LogP contribution in [0.15, 0.2) is 115 Å². The lowest BCUT2D eigenvalue weighted by atomic mass is 10.0. The third-order valence-electron chi connectivity index (χ3n) is 7.87. The van der Waals surface area contributed by atoms with Gasteiger partial charge in [-0.3, -0.25) is 4.90 Å². The van der Waals surface area contributed by atoms with Gasteiger partial charge in [0.1, 0.15) is 12.4 Å². The Hall–Kier alpha value is -3.97. The maximum atomic E-state index is 12.4. The Morgan fingerprint density at radius 3 is 1.61 bits per heavy atom. The van der Waals surface area contributed by atoms with Gasteiger partial charge < -0.3 is 18.9 Å². The van der Waals surface area contributed by atoms with E-state index in [1.54, 1.807) is 24.3 Å². The number of ether oxygens (including phenoxy) is 4. The van der Waals surface area contributed by atoms with Crippen LogP contribution in [0.4, 0.5) is 0 Å². The topological polar surface area (TPSA) is 57.2 Å². The minimum atomic E-state index is -0.353. The van der Waals surface area contributed by atoms with Gasteiger partial charge in [0.2, 0.25) is 0 Å². The van der Waals surface area contributed by atoms with Crippen LogP contribution in [-0.4, -0.2) is 48.4 Å². The third kappa shape index (κ3) is 12.8. The Labute approximate surface area is 275 Å². The lowest BCUT2D eigenvalue weighted by molar-refractivity contribution is -0.0800. The summed E-state index contributed by atoms with van der Waals surface area (Å²) in [6.07, 6.45) is 1.51. The molecule has 4 aromatic rings. The van der Waals surface area contributed by atoms with Crippen LogP contribution in [0.5, 0.6) is 5.75 Å². The van der Waals surface area contributed by atoms with Crippen molar-refractivity contribution in [3.8, 4) is 5.75 Å². The lowest BCUT2D eigenvalue weighted by Gasteiger charge is -2.31. The Morgan fingerprint density at radius 1 is 0.587 bits per heavy atom. The summed E-state index contributed by atoms with van der Waals surface area (Å²) in [6, 6.07) is 37.9. The molecule has 0 saturated carbocycles. The van der Waals surface area contributed by atoms with E-state index in [-0.39, 0.29) is 23.8 Å². The van der Waals surface area contributed by atoms with Crippen molar-refractivity contribution in [2.24, 2.45) is 0 Å².